The second-order valence-electron chi connectivity index (χ2n) is 4.88. The van der Waals surface area contributed by atoms with Crippen molar-refractivity contribution in [3.05, 3.63) is 22.7 Å². The molecule has 0 saturated heterocycles. The molecule has 7 heteroatoms. The number of benzene rings is 1. The van der Waals surface area contributed by atoms with E-state index >= 15 is 0 Å². The molecule has 0 spiro atoms. The van der Waals surface area contributed by atoms with Gasteiger partial charge in [0.05, 0.1) is 7.11 Å². The summed E-state index contributed by atoms with van der Waals surface area (Å²) in [5, 5.41) is 3.35. The van der Waals surface area contributed by atoms with Gasteiger partial charge in [-0.2, -0.15) is 0 Å². The van der Waals surface area contributed by atoms with Gasteiger partial charge in [-0.1, -0.05) is 18.0 Å². The van der Waals surface area contributed by atoms with Gasteiger partial charge in [-0.15, -0.1) is 0 Å². The van der Waals surface area contributed by atoms with Crippen molar-refractivity contribution < 1.29 is 13.2 Å². The van der Waals surface area contributed by atoms with Crippen molar-refractivity contribution in [2.45, 2.75) is 36.7 Å². The predicted octanol–water partition coefficient (Wildman–Crippen LogP) is 1.90. The summed E-state index contributed by atoms with van der Waals surface area (Å²) in [6, 6.07) is 3.16. The number of methoxy groups -OCH3 is 1. The summed E-state index contributed by atoms with van der Waals surface area (Å²) in [4.78, 5) is 0.102. The van der Waals surface area contributed by atoms with E-state index in [0.717, 1.165) is 24.8 Å². The lowest BCUT2D eigenvalue weighted by atomic mass is 9.94. The van der Waals surface area contributed by atoms with Gasteiger partial charge in [0, 0.05) is 23.2 Å². The average Bonchev–Trinajstić information content (AvgIpc) is 2.34. The molecular formula is C13H19ClN2O3S. The van der Waals surface area contributed by atoms with Crippen molar-refractivity contribution >= 4 is 21.6 Å². The average molecular weight is 319 g/mol. The van der Waals surface area contributed by atoms with Crippen LogP contribution in [-0.4, -0.2) is 28.6 Å². The van der Waals surface area contributed by atoms with Crippen LogP contribution in [0.25, 0.3) is 0 Å². The van der Waals surface area contributed by atoms with Crippen molar-refractivity contribution in [3.63, 3.8) is 0 Å². The van der Waals surface area contributed by atoms with Gasteiger partial charge in [-0.3, -0.25) is 0 Å². The molecule has 5 nitrogen and oxygen atoms in total. The lowest BCUT2D eigenvalue weighted by Crippen LogP contribution is -2.39. The fourth-order valence-corrected chi connectivity index (χ4v) is 4.03. The van der Waals surface area contributed by atoms with Crippen LogP contribution in [0.3, 0.4) is 0 Å². The minimum Gasteiger partial charge on any atom is -0.495 e. The smallest absolute Gasteiger partial charge is 0.244 e. The molecule has 0 unspecified atom stereocenters. The maximum Gasteiger partial charge on any atom is 0.244 e. The zero-order valence-corrected chi connectivity index (χ0v) is 13.1. The Kier molecular flexibility index (Phi) is 4.90. The molecule has 1 aliphatic rings. The van der Waals surface area contributed by atoms with E-state index in [2.05, 4.69) is 10.0 Å². The Morgan fingerprint density at radius 1 is 1.40 bits per heavy atom. The molecule has 0 bridgehead atoms. The summed E-state index contributed by atoms with van der Waals surface area (Å²) in [6.45, 7) is 0.482. The largest absolute Gasteiger partial charge is 0.495 e. The van der Waals surface area contributed by atoms with E-state index in [1.165, 1.54) is 13.2 Å². The van der Waals surface area contributed by atoms with E-state index in [1.54, 1.807) is 13.1 Å². The normalized spacial score (nSPS) is 15.9. The number of rotatable bonds is 6. The van der Waals surface area contributed by atoms with Crippen LogP contribution in [0, 0.1) is 0 Å². The van der Waals surface area contributed by atoms with Crippen LogP contribution in [0.1, 0.15) is 24.8 Å². The zero-order valence-electron chi connectivity index (χ0n) is 11.6. The molecule has 1 fully saturated rings. The van der Waals surface area contributed by atoms with E-state index in [9.17, 15) is 8.42 Å². The van der Waals surface area contributed by atoms with Crippen molar-refractivity contribution in [1.29, 1.82) is 0 Å². The number of halogens is 1. The number of sulfonamides is 1. The van der Waals surface area contributed by atoms with E-state index in [-0.39, 0.29) is 10.9 Å². The molecule has 1 aromatic carbocycles. The number of hydrogen-bond acceptors (Lipinski definition) is 4. The van der Waals surface area contributed by atoms with Gasteiger partial charge in [-0.25, -0.2) is 13.1 Å². The molecule has 0 radical (unpaired) electrons. The Balaban J connectivity index is 2.42. The molecular weight excluding hydrogens is 300 g/mol. The van der Waals surface area contributed by atoms with Gasteiger partial charge in [0.15, 0.2) is 0 Å². The summed E-state index contributed by atoms with van der Waals surface area (Å²) >= 11 is 6.03. The summed E-state index contributed by atoms with van der Waals surface area (Å²) in [7, 11) is -0.372. The highest BCUT2D eigenvalue weighted by atomic mass is 35.5. The summed E-state index contributed by atoms with van der Waals surface area (Å²) < 4.78 is 32.9. The molecule has 2 rings (SSSR count). The van der Waals surface area contributed by atoms with E-state index in [0.29, 0.717) is 17.3 Å². The third-order valence-electron chi connectivity index (χ3n) is 3.38. The van der Waals surface area contributed by atoms with Crippen LogP contribution in [0.4, 0.5) is 0 Å². The molecule has 20 heavy (non-hydrogen) atoms. The van der Waals surface area contributed by atoms with Gasteiger partial charge in [-0.05, 0) is 32.0 Å². The third kappa shape index (κ3) is 3.25. The molecule has 0 aromatic heterocycles. The van der Waals surface area contributed by atoms with Crippen LogP contribution in [0.5, 0.6) is 5.75 Å². The van der Waals surface area contributed by atoms with Gasteiger partial charge in [0.2, 0.25) is 10.0 Å². The van der Waals surface area contributed by atoms with Gasteiger partial charge in [0.1, 0.15) is 10.6 Å². The van der Waals surface area contributed by atoms with E-state index < -0.39 is 10.0 Å². The highest BCUT2D eigenvalue weighted by Gasteiger charge is 2.28. The third-order valence-corrected chi connectivity index (χ3v) is 5.13. The first-order chi connectivity index (χ1) is 9.47. The van der Waals surface area contributed by atoms with Crippen molar-refractivity contribution in [1.82, 2.24) is 10.0 Å². The predicted molar refractivity (Wildman–Crippen MR) is 78.7 cm³/mol. The molecule has 1 aliphatic carbocycles. The van der Waals surface area contributed by atoms with Crippen LogP contribution < -0.4 is 14.8 Å². The minimum atomic E-state index is -3.61. The zero-order chi connectivity index (χ0) is 14.8. The summed E-state index contributed by atoms with van der Waals surface area (Å²) in [5.74, 6) is 0.343. The lowest BCUT2D eigenvalue weighted by Gasteiger charge is -2.26. The number of ether oxygens (including phenoxy) is 1. The molecule has 1 saturated carbocycles. The monoisotopic (exact) mass is 318 g/mol. The van der Waals surface area contributed by atoms with Gasteiger partial charge < -0.3 is 10.1 Å². The van der Waals surface area contributed by atoms with Crippen LogP contribution >= 0.6 is 11.6 Å². The molecule has 2 N–H and O–H groups in total. The highest BCUT2D eigenvalue weighted by Crippen LogP contribution is 2.32. The van der Waals surface area contributed by atoms with Crippen molar-refractivity contribution in [2.75, 3.05) is 14.2 Å². The Morgan fingerprint density at radius 2 is 2.10 bits per heavy atom. The van der Waals surface area contributed by atoms with Crippen LogP contribution in [-0.2, 0) is 16.6 Å². The molecule has 0 heterocycles. The van der Waals surface area contributed by atoms with E-state index in [4.69, 9.17) is 16.3 Å². The van der Waals surface area contributed by atoms with Gasteiger partial charge in [0.25, 0.3) is 0 Å². The van der Waals surface area contributed by atoms with Crippen LogP contribution in [0.15, 0.2) is 17.0 Å². The van der Waals surface area contributed by atoms with Crippen LogP contribution in [0.2, 0.25) is 5.02 Å². The first-order valence-electron chi connectivity index (χ1n) is 6.51. The highest BCUT2D eigenvalue weighted by molar-refractivity contribution is 7.89. The molecule has 0 atom stereocenters. The minimum absolute atomic E-state index is 0.0245. The lowest BCUT2D eigenvalue weighted by molar-refractivity contribution is 0.378. The maximum absolute atomic E-state index is 12.5. The first kappa shape index (κ1) is 15.6. The van der Waals surface area contributed by atoms with Gasteiger partial charge >= 0.3 is 0 Å². The fraction of sp³-hybridized carbons (Fsp3) is 0.538. The first-order valence-corrected chi connectivity index (χ1v) is 8.37. The fourth-order valence-electron chi connectivity index (χ4n) is 2.18. The second kappa shape index (κ2) is 6.30. The molecule has 112 valence electrons. The standard InChI is InChI=1S/C13H19ClN2O3S/c1-15-8-9-6-10(14)7-12(13(9)19-2)20(17,18)16-11-4-3-5-11/h6-7,11,15-16H,3-5,8H2,1-2H3. The van der Waals surface area contributed by atoms with Crippen molar-refractivity contribution in [2.24, 2.45) is 0 Å². The number of hydrogen-bond donors (Lipinski definition) is 2. The SMILES string of the molecule is CNCc1cc(Cl)cc(S(=O)(=O)NC2CCC2)c1OC. The topological polar surface area (TPSA) is 67.4 Å². The van der Waals surface area contributed by atoms with Crippen molar-refractivity contribution in [3.8, 4) is 5.75 Å². The Morgan fingerprint density at radius 3 is 2.60 bits per heavy atom. The Hall–Kier alpha value is -0.820. The molecule has 0 amide bonds. The maximum atomic E-state index is 12.5. The quantitative estimate of drug-likeness (QED) is 0.840. The van der Waals surface area contributed by atoms with E-state index in [1.807, 2.05) is 0 Å². The molecule has 0 aliphatic heterocycles. The Labute approximate surface area is 124 Å². The summed E-state index contributed by atoms with van der Waals surface area (Å²) in [6.07, 6.45) is 2.82. The summed E-state index contributed by atoms with van der Waals surface area (Å²) in [5.41, 5.74) is 0.719. The Bertz CT molecular complexity index is 586. The molecule has 1 aromatic rings. The second-order valence-corrected chi connectivity index (χ2v) is 6.99. The number of nitrogens with one attached hydrogen (secondary N) is 2.